The molecule has 0 saturated carbocycles. The highest BCUT2D eigenvalue weighted by molar-refractivity contribution is 6.01. The maximum atomic E-state index is 16.6. The van der Waals surface area contributed by atoms with Gasteiger partial charge in [-0.25, -0.2) is 4.39 Å². The van der Waals surface area contributed by atoms with Crippen molar-refractivity contribution in [3.8, 4) is 22.9 Å². The second-order valence-corrected chi connectivity index (χ2v) is 11.5. The number of aromatic hydroxyl groups is 1. The largest absolute Gasteiger partial charge is 0.508 e. The molecule has 41 heavy (non-hydrogen) atoms. The Morgan fingerprint density at radius 1 is 1.05 bits per heavy atom. The van der Waals surface area contributed by atoms with Gasteiger partial charge in [-0.15, -0.1) is 0 Å². The molecule has 0 unspecified atom stereocenters. The van der Waals surface area contributed by atoms with Crippen molar-refractivity contribution >= 4 is 33.5 Å². The van der Waals surface area contributed by atoms with Gasteiger partial charge in [0, 0.05) is 42.2 Å². The number of phenols is 1. The minimum atomic E-state index is -0.477. The maximum Gasteiger partial charge on any atom is 0.319 e. The first-order chi connectivity index (χ1) is 19.9. The number of aromatic nitrogens is 2. The van der Waals surface area contributed by atoms with Crippen molar-refractivity contribution in [3.63, 3.8) is 0 Å². The molecule has 3 aromatic carbocycles. The molecule has 4 heterocycles. The Labute approximate surface area is 237 Å². The predicted molar refractivity (Wildman–Crippen MR) is 158 cm³/mol. The first-order valence-electron chi connectivity index (χ1n) is 14.3. The number of guanidine groups is 1. The van der Waals surface area contributed by atoms with E-state index in [4.69, 9.17) is 20.9 Å². The Kier molecular flexibility index (Phi) is 6.30. The van der Waals surface area contributed by atoms with Crippen LogP contribution in [0.15, 0.2) is 48.5 Å². The van der Waals surface area contributed by atoms with Crippen LogP contribution in [0.5, 0.6) is 11.8 Å². The van der Waals surface area contributed by atoms with E-state index >= 15 is 4.39 Å². The summed E-state index contributed by atoms with van der Waals surface area (Å²) in [5.74, 6) is 0.333. The number of fused-ring (bicyclic) bond motifs is 4. The van der Waals surface area contributed by atoms with Crippen molar-refractivity contribution in [1.82, 2.24) is 19.8 Å². The van der Waals surface area contributed by atoms with E-state index in [1.807, 2.05) is 35.2 Å². The highest BCUT2D eigenvalue weighted by Gasteiger charge is 2.41. The highest BCUT2D eigenvalue weighted by Crippen LogP contribution is 2.40. The maximum absolute atomic E-state index is 16.6. The van der Waals surface area contributed by atoms with E-state index in [0.29, 0.717) is 42.0 Å². The molecule has 3 atom stereocenters. The van der Waals surface area contributed by atoms with Crippen LogP contribution >= 0.6 is 0 Å². The Balaban J connectivity index is 1.34. The summed E-state index contributed by atoms with van der Waals surface area (Å²) in [6.07, 6.45) is 4.05. The number of hydrogen-bond acceptors (Lipinski definition) is 7. The van der Waals surface area contributed by atoms with Crippen molar-refractivity contribution in [1.29, 1.82) is 5.41 Å². The van der Waals surface area contributed by atoms with Gasteiger partial charge in [-0.05, 0) is 73.8 Å². The number of hydrogen-bond donors (Lipinski definition) is 3. The fourth-order valence-corrected chi connectivity index (χ4v) is 6.99. The number of nitrogens with one attached hydrogen (secondary N) is 1. The van der Waals surface area contributed by atoms with Crippen molar-refractivity contribution in [3.05, 3.63) is 54.3 Å². The molecule has 4 aromatic rings. The van der Waals surface area contributed by atoms with E-state index in [2.05, 4.69) is 21.8 Å². The van der Waals surface area contributed by atoms with Crippen molar-refractivity contribution in [2.45, 2.75) is 43.8 Å². The smallest absolute Gasteiger partial charge is 0.319 e. The zero-order valence-corrected chi connectivity index (χ0v) is 23.1. The van der Waals surface area contributed by atoms with E-state index in [9.17, 15) is 5.11 Å². The standard InChI is InChI=1S/C31H34FN7O2/c1-37-12-4-6-21(37)17-41-31-35-28-25(29(36-31)38-15-19-8-9-20(16-38)39(19)30(33)34)11-10-24(27(28)32)26-14-22(40)13-18-5-2-3-7-23(18)26/h2-3,5,7,10-11,13-14,19-21,40H,4,6,8-9,12,15-17H2,1H3,(H3,33,34)/t19-,20+,21-/m0/s1. The fraction of sp³-hybridized carbons (Fsp3) is 0.387. The molecule has 10 heteroatoms. The van der Waals surface area contributed by atoms with Crippen molar-refractivity contribution < 1.29 is 14.2 Å². The Morgan fingerprint density at radius 3 is 2.56 bits per heavy atom. The second-order valence-electron chi connectivity index (χ2n) is 11.5. The highest BCUT2D eigenvalue weighted by atomic mass is 19.1. The molecule has 2 bridgehead atoms. The van der Waals surface area contributed by atoms with Crippen LogP contribution < -0.4 is 15.4 Å². The summed E-state index contributed by atoms with van der Waals surface area (Å²) < 4.78 is 22.7. The Bertz CT molecular complexity index is 1650. The lowest BCUT2D eigenvalue weighted by Gasteiger charge is -2.42. The third-order valence-electron chi connectivity index (χ3n) is 9.04. The molecule has 4 N–H and O–H groups in total. The van der Waals surface area contributed by atoms with E-state index < -0.39 is 5.82 Å². The van der Waals surface area contributed by atoms with Crippen LogP contribution in [0.4, 0.5) is 10.2 Å². The number of phenolic OH excluding ortho intramolecular Hbond substituents is 1. The number of likely N-dealkylation sites (N-methyl/N-ethyl adjacent to an activating group) is 1. The van der Waals surface area contributed by atoms with Crippen LogP contribution in [-0.2, 0) is 0 Å². The molecule has 3 aliphatic rings. The normalized spacial score (nSPS) is 22.6. The topological polar surface area (TPSA) is 115 Å². The summed E-state index contributed by atoms with van der Waals surface area (Å²) in [6, 6.07) is 15.2. The molecule has 3 aliphatic heterocycles. The van der Waals surface area contributed by atoms with Gasteiger partial charge in [-0.2, -0.15) is 9.97 Å². The molecular formula is C31H34FN7O2. The van der Waals surface area contributed by atoms with Gasteiger partial charge in [0.2, 0.25) is 0 Å². The van der Waals surface area contributed by atoms with E-state index in [1.54, 1.807) is 18.2 Å². The third-order valence-corrected chi connectivity index (χ3v) is 9.04. The number of halogens is 1. The summed E-state index contributed by atoms with van der Waals surface area (Å²) in [5.41, 5.74) is 7.06. The predicted octanol–water partition coefficient (Wildman–Crippen LogP) is 4.31. The second kappa shape index (κ2) is 10.0. The average molecular weight is 556 g/mol. The van der Waals surface area contributed by atoms with E-state index in [0.717, 1.165) is 43.0 Å². The van der Waals surface area contributed by atoms with Gasteiger partial charge in [0.05, 0.1) is 0 Å². The van der Waals surface area contributed by atoms with Crippen LogP contribution in [0.1, 0.15) is 25.7 Å². The zero-order chi connectivity index (χ0) is 28.2. The van der Waals surface area contributed by atoms with Gasteiger partial charge >= 0.3 is 6.01 Å². The average Bonchev–Trinajstić information content (AvgIpc) is 3.50. The Morgan fingerprint density at radius 2 is 1.83 bits per heavy atom. The zero-order valence-electron chi connectivity index (χ0n) is 23.1. The van der Waals surface area contributed by atoms with Crippen LogP contribution in [0.25, 0.3) is 32.8 Å². The lowest BCUT2D eigenvalue weighted by atomic mass is 9.96. The molecule has 7 rings (SSSR count). The minimum Gasteiger partial charge on any atom is -0.508 e. The molecule has 3 saturated heterocycles. The lowest BCUT2D eigenvalue weighted by molar-refractivity contribution is 0.188. The quantitative estimate of drug-likeness (QED) is 0.247. The molecule has 9 nitrogen and oxygen atoms in total. The van der Waals surface area contributed by atoms with Gasteiger partial charge in [0.15, 0.2) is 11.8 Å². The summed E-state index contributed by atoms with van der Waals surface area (Å²) in [5, 5.41) is 20.8. The number of nitrogens with zero attached hydrogens (tertiary/aromatic N) is 5. The Hall–Kier alpha value is -4.18. The fourth-order valence-electron chi connectivity index (χ4n) is 6.99. The first-order valence-corrected chi connectivity index (χ1v) is 14.3. The number of benzene rings is 3. The van der Waals surface area contributed by atoms with Gasteiger partial charge in [-0.1, -0.05) is 30.3 Å². The molecule has 0 amide bonds. The van der Waals surface area contributed by atoms with Crippen molar-refractivity contribution in [2.75, 3.05) is 38.2 Å². The molecule has 0 spiro atoms. The van der Waals surface area contributed by atoms with Gasteiger partial charge in [0.1, 0.15) is 23.7 Å². The molecule has 0 radical (unpaired) electrons. The van der Waals surface area contributed by atoms with Crippen molar-refractivity contribution in [2.24, 2.45) is 5.73 Å². The first kappa shape index (κ1) is 25.8. The van der Waals surface area contributed by atoms with Crippen LogP contribution in [-0.4, -0.2) is 82.2 Å². The monoisotopic (exact) mass is 555 g/mol. The van der Waals surface area contributed by atoms with Crippen LogP contribution in [0, 0.1) is 11.2 Å². The molecule has 0 aliphatic carbocycles. The number of piperazine rings is 1. The third kappa shape index (κ3) is 4.46. The molecule has 212 valence electrons. The SMILES string of the molecule is CN1CCC[C@H]1COc1nc(N2C[C@H]3CC[C@@H](C2)N3C(=N)N)c2ccc(-c3cc(O)cc4ccccc34)c(F)c2n1. The van der Waals surface area contributed by atoms with Gasteiger partial charge in [-0.3, -0.25) is 5.41 Å². The number of ether oxygens (including phenoxy) is 1. The summed E-state index contributed by atoms with van der Waals surface area (Å²) in [6.45, 7) is 2.72. The number of nitrogens with two attached hydrogens (primary N) is 1. The van der Waals surface area contributed by atoms with E-state index in [-0.39, 0.29) is 41.4 Å². The number of anilines is 1. The van der Waals surface area contributed by atoms with E-state index in [1.165, 1.54) is 0 Å². The number of likely N-dealkylation sites (tertiary alicyclic amines) is 1. The van der Waals surface area contributed by atoms with Crippen LogP contribution in [0.3, 0.4) is 0 Å². The number of rotatable bonds is 5. The lowest BCUT2D eigenvalue weighted by Crippen LogP contribution is -2.57. The summed E-state index contributed by atoms with van der Waals surface area (Å²) >= 11 is 0. The van der Waals surface area contributed by atoms with Crippen LogP contribution in [0.2, 0.25) is 0 Å². The minimum absolute atomic E-state index is 0.0742. The molecular weight excluding hydrogens is 521 g/mol. The van der Waals surface area contributed by atoms with Gasteiger partial charge < -0.3 is 30.3 Å². The molecule has 3 fully saturated rings. The summed E-state index contributed by atoms with van der Waals surface area (Å²) in [4.78, 5) is 15.9. The van der Waals surface area contributed by atoms with Gasteiger partial charge in [0.25, 0.3) is 0 Å². The summed E-state index contributed by atoms with van der Waals surface area (Å²) in [7, 11) is 2.09. The molecule has 1 aromatic heterocycles.